The standard InChI is InChI=1S/C19H11Cl3N4OS/c20-12-5-6-13(15(22)7-12)16-8-18(27-26-16)17-10-28-19(24-17)25-23-9-11-3-1-2-4-14(11)21/h1-10H,(H,24,25)/b23-9-. The van der Waals surface area contributed by atoms with E-state index in [9.17, 15) is 0 Å². The monoisotopic (exact) mass is 448 g/mol. The molecular formula is C19H11Cl3N4OS. The van der Waals surface area contributed by atoms with Crippen LogP contribution in [-0.2, 0) is 0 Å². The van der Waals surface area contributed by atoms with Crippen LogP contribution in [-0.4, -0.2) is 16.4 Å². The van der Waals surface area contributed by atoms with Gasteiger partial charge in [-0.25, -0.2) is 4.98 Å². The maximum absolute atomic E-state index is 6.23. The van der Waals surface area contributed by atoms with Crippen LogP contribution in [0, 0.1) is 0 Å². The summed E-state index contributed by atoms with van der Waals surface area (Å²) in [4.78, 5) is 4.45. The summed E-state index contributed by atoms with van der Waals surface area (Å²) in [6.07, 6.45) is 1.64. The van der Waals surface area contributed by atoms with E-state index >= 15 is 0 Å². The van der Waals surface area contributed by atoms with Crippen molar-refractivity contribution in [3.63, 3.8) is 0 Å². The van der Waals surface area contributed by atoms with Crippen LogP contribution in [0.3, 0.4) is 0 Å². The first-order chi connectivity index (χ1) is 13.6. The number of aromatic nitrogens is 2. The summed E-state index contributed by atoms with van der Waals surface area (Å²) in [5.74, 6) is 0.528. The van der Waals surface area contributed by atoms with Crippen molar-refractivity contribution in [3.8, 4) is 22.7 Å². The zero-order valence-corrected chi connectivity index (χ0v) is 17.1. The molecule has 140 valence electrons. The highest BCUT2D eigenvalue weighted by Gasteiger charge is 2.14. The quantitative estimate of drug-likeness (QED) is 0.267. The molecule has 28 heavy (non-hydrogen) atoms. The van der Waals surface area contributed by atoms with Gasteiger partial charge in [-0.2, -0.15) is 5.10 Å². The first-order valence-corrected chi connectivity index (χ1v) is 10.0. The number of rotatable bonds is 5. The highest BCUT2D eigenvalue weighted by atomic mass is 35.5. The molecule has 0 fully saturated rings. The molecule has 0 aliphatic carbocycles. The molecule has 0 atom stereocenters. The normalized spacial score (nSPS) is 11.2. The van der Waals surface area contributed by atoms with Gasteiger partial charge in [0, 0.05) is 32.6 Å². The Morgan fingerprint density at radius 3 is 2.68 bits per heavy atom. The molecule has 2 aromatic carbocycles. The Hall–Kier alpha value is -2.38. The maximum atomic E-state index is 6.23. The lowest BCUT2D eigenvalue weighted by Crippen LogP contribution is -1.90. The SMILES string of the molecule is Clc1ccc(-c2cc(-c3csc(N/N=C\c4ccccc4Cl)n3)on2)c(Cl)c1. The van der Waals surface area contributed by atoms with Crippen molar-refractivity contribution >= 4 is 57.5 Å². The minimum atomic E-state index is 0.502. The van der Waals surface area contributed by atoms with Gasteiger partial charge in [0.2, 0.25) is 5.13 Å². The summed E-state index contributed by atoms with van der Waals surface area (Å²) < 4.78 is 5.41. The molecule has 0 aliphatic heterocycles. The van der Waals surface area contributed by atoms with Gasteiger partial charge in [0.1, 0.15) is 11.4 Å². The Bertz CT molecular complexity index is 1160. The van der Waals surface area contributed by atoms with Gasteiger partial charge in [0.25, 0.3) is 0 Å². The minimum absolute atomic E-state index is 0.502. The lowest BCUT2D eigenvalue weighted by atomic mass is 10.1. The maximum Gasteiger partial charge on any atom is 0.203 e. The molecule has 0 spiro atoms. The number of thiazole rings is 1. The average Bonchev–Trinajstić information content (AvgIpc) is 3.33. The Morgan fingerprint density at radius 1 is 1.00 bits per heavy atom. The van der Waals surface area contributed by atoms with E-state index < -0.39 is 0 Å². The number of nitrogens with one attached hydrogen (secondary N) is 1. The van der Waals surface area contributed by atoms with E-state index in [1.54, 1.807) is 36.5 Å². The molecule has 1 N–H and O–H groups in total. The number of hydrazone groups is 1. The molecule has 0 saturated carbocycles. The van der Waals surface area contributed by atoms with Crippen LogP contribution in [0.4, 0.5) is 5.13 Å². The molecule has 0 saturated heterocycles. The molecule has 4 rings (SSSR count). The first kappa shape index (κ1) is 19.0. The van der Waals surface area contributed by atoms with Crippen LogP contribution in [0.2, 0.25) is 15.1 Å². The summed E-state index contributed by atoms with van der Waals surface area (Å²) in [6, 6.07) is 14.4. The largest absolute Gasteiger partial charge is 0.354 e. The van der Waals surface area contributed by atoms with Gasteiger partial charge in [-0.1, -0.05) is 58.2 Å². The molecule has 0 radical (unpaired) electrons. The van der Waals surface area contributed by atoms with E-state index in [0.29, 0.717) is 37.3 Å². The third-order valence-electron chi connectivity index (χ3n) is 3.74. The Labute approximate surface area is 179 Å². The summed E-state index contributed by atoms with van der Waals surface area (Å²) in [5.41, 5.74) is 5.68. The van der Waals surface area contributed by atoms with Gasteiger partial charge in [0.05, 0.1) is 11.2 Å². The lowest BCUT2D eigenvalue weighted by Gasteiger charge is -1.99. The van der Waals surface area contributed by atoms with Crippen molar-refractivity contribution in [2.45, 2.75) is 0 Å². The summed E-state index contributed by atoms with van der Waals surface area (Å²) in [5, 5.41) is 12.4. The summed E-state index contributed by atoms with van der Waals surface area (Å²) in [7, 11) is 0. The number of halogens is 3. The molecule has 0 unspecified atom stereocenters. The first-order valence-electron chi connectivity index (χ1n) is 8.02. The predicted octanol–water partition coefficient (Wildman–Crippen LogP) is 6.87. The highest BCUT2D eigenvalue weighted by molar-refractivity contribution is 7.14. The van der Waals surface area contributed by atoms with Crippen LogP contribution < -0.4 is 5.43 Å². The van der Waals surface area contributed by atoms with E-state index in [0.717, 1.165) is 11.1 Å². The third-order valence-corrected chi connectivity index (χ3v) is 5.38. The fourth-order valence-electron chi connectivity index (χ4n) is 2.40. The lowest BCUT2D eigenvalue weighted by molar-refractivity contribution is 0.434. The van der Waals surface area contributed by atoms with Crippen molar-refractivity contribution in [1.29, 1.82) is 0 Å². The zero-order chi connectivity index (χ0) is 19.5. The molecule has 0 amide bonds. The van der Waals surface area contributed by atoms with Crippen LogP contribution in [0.15, 0.2) is 63.5 Å². The number of hydrogen-bond acceptors (Lipinski definition) is 6. The van der Waals surface area contributed by atoms with Crippen LogP contribution in [0.1, 0.15) is 5.56 Å². The average molecular weight is 450 g/mol. The number of benzene rings is 2. The van der Waals surface area contributed by atoms with Crippen molar-refractivity contribution in [2.24, 2.45) is 5.10 Å². The topological polar surface area (TPSA) is 63.3 Å². The molecule has 2 heterocycles. The zero-order valence-electron chi connectivity index (χ0n) is 14.1. The van der Waals surface area contributed by atoms with Crippen molar-refractivity contribution in [2.75, 3.05) is 5.43 Å². The Kier molecular flexibility index (Phi) is 5.64. The van der Waals surface area contributed by atoms with E-state index in [2.05, 4.69) is 20.7 Å². The third kappa shape index (κ3) is 4.20. The van der Waals surface area contributed by atoms with Crippen LogP contribution in [0.25, 0.3) is 22.7 Å². The van der Waals surface area contributed by atoms with E-state index in [1.165, 1.54) is 11.3 Å². The van der Waals surface area contributed by atoms with E-state index in [4.69, 9.17) is 39.3 Å². The van der Waals surface area contributed by atoms with Gasteiger partial charge in [-0.15, -0.1) is 11.3 Å². The van der Waals surface area contributed by atoms with Gasteiger partial charge in [-0.3, -0.25) is 5.43 Å². The molecule has 5 nitrogen and oxygen atoms in total. The minimum Gasteiger partial charge on any atom is -0.354 e. The fraction of sp³-hybridized carbons (Fsp3) is 0. The molecule has 2 aromatic heterocycles. The van der Waals surface area contributed by atoms with Crippen LogP contribution >= 0.6 is 46.1 Å². The van der Waals surface area contributed by atoms with Crippen molar-refractivity contribution in [1.82, 2.24) is 10.1 Å². The highest BCUT2D eigenvalue weighted by Crippen LogP contribution is 2.33. The van der Waals surface area contributed by atoms with Gasteiger partial charge >= 0.3 is 0 Å². The summed E-state index contributed by atoms with van der Waals surface area (Å²) >= 11 is 19.7. The molecule has 0 aliphatic rings. The Balaban J connectivity index is 1.49. The second-order valence-electron chi connectivity index (χ2n) is 5.63. The van der Waals surface area contributed by atoms with E-state index in [-0.39, 0.29) is 0 Å². The molecule has 0 bridgehead atoms. The van der Waals surface area contributed by atoms with Gasteiger partial charge < -0.3 is 4.52 Å². The van der Waals surface area contributed by atoms with Crippen molar-refractivity contribution < 1.29 is 4.52 Å². The second kappa shape index (κ2) is 8.32. The smallest absolute Gasteiger partial charge is 0.203 e. The number of hydrogen-bond donors (Lipinski definition) is 1. The fourth-order valence-corrected chi connectivity index (χ4v) is 3.73. The van der Waals surface area contributed by atoms with Gasteiger partial charge in [0.15, 0.2) is 5.76 Å². The molecule has 9 heteroatoms. The molecular weight excluding hydrogens is 439 g/mol. The molecule has 4 aromatic rings. The summed E-state index contributed by atoms with van der Waals surface area (Å²) in [6.45, 7) is 0. The number of anilines is 1. The van der Waals surface area contributed by atoms with Gasteiger partial charge in [-0.05, 0) is 24.3 Å². The number of nitrogens with zero attached hydrogens (tertiary/aromatic N) is 3. The van der Waals surface area contributed by atoms with Crippen molar-refractivity contribution in [3.05, 3.63) is 74.5 Å². The van der Waals surface area contributed by atoms with Crippen LogP contribution in [0.5, 0.6) is 0 Å². The van der Waals surface area contributed by atoms with E-state index in [1.807, 2.05) is 23.6 Å². The Morgan fingerprint density at radius 2 is 1.86 bits per heavy atom. The predicted molar refractivity (Wildman–Crippen MR) is 116 cm³/mol. The second-order valence-corrected chi connectivity index (χ2v) is 7.74.